The quantitative estimate of drug-likeness (QED) is 0.690. The van der Waals surface area contributed by atoms with Gasteiger partial charge in [0.1, 0.15) is 5.03 Å². The van der Waals surface area contributed by atoms with Gasteiger partial charge in [-0.1, -0.05) is 53.5 Å². The van der Waals surface area contributed by atoms with Crippen molar-refractivity contribution >= 4 is 46.3 Å². The predicted octanol–water partition coefficient (Wildman–Crippen LogP) is 4.88. The zero-order chi connectivity index (χ0) is 18.4. The predicted molar refractivity (Wildman–Crippen MR) is 88.2 cm³/mol. The molecule has 0 bridgehead atoms. The number of imide groups is 1. The minimum absolute atomic E-state index is 0.0595. The summed E-state index contributed by atoms with van der Waals surface area (Å²) in [5.41, 5.74) is -1.05. The topological polar surface area (TPSA) is 37.4 Å². The first kappa shape index (κ1) is 17.5. The number of anilines is 1. The molecule has 0 spiro atoms. The maximum atomic E-state index is 13.0. The number of hydrogen-bond acceptors (Lipinski definition) is 2. The zero-order valence-electron chi connectivity index (χ0n) is 12.3. The van der Waals surface area contributed by atoms with Crippen molar-refractivity contribution in [2.45, 2.75) is 6.18 Å². The van der Waals surface area contributed by atoms with E-state index in [9.17, 15) is 22.8 Å². The molecule has 0 aromatic heterocycles. The molecule has 0 aliphatic carbocycles. The molecule has 3 nitrogen and oxygen atoms in total. The fourth-order valence-corrected chi connectivity index (χ4v) is 2.96. The highest BCUT2D eigenvalue weighted by Crippen LogP contribution is 2.40. The van der Waals surface area contributed by atoms with Gasteiger partial charge in [-0.2, -0.15) is 13.2 Å². The van der Waals surface area contributed by atoms with Gasteiger partial charge in [-0.25, -0.2) is 4.90 Å². The highest BCUT2D eigenvalue weighted by atomic mass is 35.5. The van der Waals surface area contributed by atoms with E-state index < -0.39 is 28.6 Å². The lowest BCUT2D eigenvalue weighted by Gasteiger charge is -2.17. The van der Waals surface area contributed by atoms with E-state index in [2.05, 4.69) is 0 Å². The number of rotatable bonds is 2. The van der Waals surface area contributed by atoms with Gasteiger partial charge < -0.3 is 0 Å². The lowest BCUT2D eigenvalue weighted by atomic mass is 10.1. The van der Waals surface area contributed by atoms with Crippen LogP contribution in [-0.4, -0.2) is 11.8 Å². The van der Waals surface area contributed by atoms with Gasteiger partial charge in [0.2, 0.25) is 0 Å². The normalized spacial score (nSPS) is 15.3. The second-order valence-electron chi connectivity index (χ2n) is 5.16. The van der Waals surface area contributed by atoms with Crippen molar-refractivity contribution in [1.29, 1.82) is 0 Å². The van der Waals surface area contributed by atoms with Crippen LogP contribution in [0.15, 0.2) is 53.6 Å². The fraction of sp³-hybridized carbons (Fsp3) is 0.0588. The minimum Gasteiger partial charge on any atom is -0.268 e. The molecule has 2 amide bonds. The van der Waals surface area contributed by atoms with E-state index >= 15 is 0 Å². The van der Waals surface area contributed by atoms with E-state index in [1.165, 1.54) is 0 Å². The molecule has 1 heterocycles. The molecule has 0 fully saturated rings. The van der Waals surface area contributed by atoms with Crippen LogP contribution in [0.5, 0.6) is 0 Å². The van der Waals surface area contributed by atoms with Crippen LogP contribution < -0.4 is 4.90 Å². The van der Waals surface area contributed by atoms with Crippen LogP contribution in [0.2, 0.25) is 5.02 Å². The van der Waals surface area contributed by atoms with E-state index in [4.69, 9.17) is 23.2 Å². The smallest absolute Gasteiger partial charge is 0.268 e. The molecular formula is C17H8Cl2F3NO2. The first-order valence-electron chi connectivity index (χ1n) is 6.92. The molecule has 2 aromatic carbocycles. The van der Waals surface area contributed by atoms with Gasteiger partial charge in [-0.15, -0.1) is 0 Å². The zero-order valence-corrected chi connectivity index (χ0v) is 13.8. The van der Waals surface area contributed by atoms with Crippen molar-refractivity contribution < 1.29 is 22.8 Å². The Morgan fingerprint density at radius 1 is 0.880 bits per heavy atom. The van der Waals surface area contributed by atoms with Crippen molar-refractivity contribution in [3.63, 3.8) is 0 Å². The Kier molecular flexibility index (Phi) is 4.34. The van der Waals surface area contributed by atoms with Crippen LogP contribution in [0.1, 0.15) is 11.1 Å². The molecule has 0 saturated carbocycles. The number of benzene rings is 2. The van der Waals surface area contributed by atoms with Crippen molar-refractivity contribution in [3.8, 4) is 0 Å². The molecule has 0 unspecified atom stereocenters. The molecule has 8 heteroatoms. The molecule has 1 aliphatic rings. The van der Waals surface area contributed by atoms with Crippen molar-refractivity contribution in [2.75, 3.05) is 4.90 Å². The average molecular weight is 386 g/mol. The number of carbonyl (C=O) groups excluding carboxylic acids is 2. The summed E-state index contributed by atoms with van der Waals surface area (Å²) < 4.78 is 39.1. The highest BCUT2D eigenvalue weighted by Gasteiger charge is 2.41. The van der Waals surface area contributed by atoms with Gasteiger partial charge in [-0.3, -0.25) is 9.59 Å². The molecular weight excluding hydrogens is 378 g/mol. The van der Waals surface area contributed by atoms with Crippen molar-refractivity contribution in [1.82, 2.24) is 0 Å². The van der Waals surface area contributed by atoms with E-state index in [-0.39, 0.29) is 16.3 Å². The van der Waals surface area contributed by atoms with E-state index in [0.29, 0.717) is 16.5 Å². The number of halogens is 5. The summed E-state index contributed by atoms with van der Waals surface area (Å²) in [6.07, 6.45) is -4.72. The summed E-state index contributed by atoms with van der Waals surface area (Å²) in [6.45, 7) is 0. The summed E-state index contributed by atoms with van der Waals surface area (Å²) >= 11 is 11.6. The minimum atomic E-state index is -4.72. The fourth-order valence-electron chi connectivity index (χ4n) is 2.46. The van der Waals surface area contributed by atoms with Gasteiger partial charge in [0.15, 0.2) is 0 Å². The molecule has 0 N–H and O–H groups in total. The summed E-state index contributed by atoms with van der Waals surface area (Å²) in [5, 5.41) is -0.877. The lowest BCUT2D eigenvalue weighted by Crippen LogP contribution is -2.31. The first-order valence-corrected chi connectivity index (χ1v) is 7.68. The molecule has 0 atom stereocenters. The number of carbonyl (C=O) groups is 2. The van der Waals surface area contributed by atoms with Crippen molar-refractivity contribution in [2.24, 2.45) is 0 Å². The second-order valence-corrected chi connectivity index (χ2v) is 5.95. The van der Waals surface area contributed by atoms with Crippen LogP contribution in [0.4, 0.5) is 18.9 Å². The highest BCUT2D eigenvalue weighted by molar-refractivity contribution is 6.60. The Hall–Kier alpha value is -2.31. The number of hydrogen-bond donors (Lipinski definition) is 0. The second kappa shape index (κ2) is 6.20. The van der Waals surface area contributed by atoms with Crippen molar-refractivity contribution in [3.05, 3.63) is 69.7 Å². The summed E-state index contributed by atoms with van der Waals surface area (Å²) in [7, 11) is 0. The van der Waals surface area contributed by atoms with Gasteiger partial charge in [0, 0.05) is 0 Å². The third kappa shape index (κ3) is 3.03. The van der Waals surface area contributed by atoms with Crippen LogP contribution in [0.3, 0.4) is 0 Å². The van der Waals surface area contributed by atoms with Crippen LogP contribution >= 0.6 is 23.2 Å². The van der Waals surface area contributed by atoms with Gasteiger partial charge in [-0.05, 0) is 23.8 Å². The van der Waals surface area contributed by atoms with Gasteiger partial charge in [0.05, 0.1) is 21.8 Å². The molecule has 128 valence electrons. The Labute approximate surface area is 150 Å². The Morgan fingerprint density at radius 3 is 2.12 bits per heavy atom. The molecule has 0 radical (unpaired) electrons. The maximum Gasteiger partial charge on any atom is 0.417 e. The number of amides is 2. The Morgan fingerprint density at radius 2 is 1.52 bits per heavy atom. The van der Waals surface area contributed by atoms with Crippen LogP contribution in [-0.2, 0) is 15.8 Å². The third-order valence-electron chi connectivity index (χ3n) is 3.60. The summed E-state index contributed by atoms with van der Waals surface area (Å²) in [5.74, 6) is -1.68. The van der Waals surface area contributed by atoms with Gasteiger partial charge in [0.25, 0.3) is 11.8 Å². The molecule has 25 heavy (non-hydrogen) atoms. The first-order chi connectivity index (χ1) is 11.7. The lowest BCUT2D eigenvalue weighted by molar-refractivity contribution is -0.137. The number of nitrogens with zero attached hydrogens (tertiary/aromatic N) is 1. The SMILES string of the molecule is O=C1C(Cl)=C(c2ccccc2)C(=O)N1c1ccc(Cl)c(C(F)(F)F)c1. The third-order valence-corrected chi connectivity index (χ3v) is 4.28. The molecule has 0 saturated heterocycles. The Balaban J connectivity index is 2.07. The summed E-state index contributed by atoms with van der Waals surface area (Å²) in [6, 6.07) is 11.0. The maximum absolute atomic E-state index is 13.0. The van der Waals surface area contributed by atoms with Crippen LogP contribution in [0.25, 0.3) is 5.57 Å². The van der Waals surface area contributed by atoms with Gasteiger partial charge >= 0.3 is 6.18 Å². The van der Waals surface area contributed by atoms with E-state index in [0.717, 1.165) is 12.1 Å². The number of alkyl halides is 3. The molecule has 1 aliphatic heterocycles. The standard InChI is InChI=1S/C17H8Cl2F3NO2/c18-12-7-6-10(8-11(12)17(20,21)22)23-15(24)13(14(19)16(23)25)9-4-2-1-3-5-9/h1-8H. The summed E-state index contributed by atoms with van der Waals surface area (Å²) in [4.78, 5) is 25.6. The van der Waals surface area contributed by atoms with E-state index in [1.54, 1.807) is 30.3 Å². The Bertz CT molecular complexity index is 908. The van der Waals surface area contributed by atoms with E-state index in [1.807, 2.05) is 0 Å². The van der Waals surface area contributed by atoms with Crippen LogP contribution in [0, 0.1) is 0 Å². The largest absolute Gasteiger partial charge is 0.417 e. The molecule has 2 aromatic rings. The monoisotopic (exact) mass is 385 g/mol. The molecule has 3 rings (SSSR count). The average Bonchev–Trinajstić information content (AvgIpc) is 2.78.